The zero-order valence-corrected chi connectivity index (χ0v) is 17.8. The van der Waals surface area contributed by atoms with Gasteiger partial charge < -0.3 is 15.4 Å². The van der Waals surface area contributed by atoms with Crippen molar-refractivity contribution in [3.63, 3.8) is 0 Å². The van der Waals surface area contributed by atoms with Crippen molar-refractivity contribution in [2.45, 2.75) is 18.9 Å². The summed E-state index contributed by atoms with van der Waals surface area (Å²) in [5.74, 6) is 5.88. The maximum Gasteiger partial charge on any atom is 0.246 e. The fourth-order valence-electron chi connectivity index (χ4n) is 3.63. The van der Waals surface area contributed by atoms with E-state index in [1.165, 1.54) is 30.6 Å². The second-order valence-corrected chi connectivity index (χ2v) is 7.61. The zero-order valence-electron chi connectivity index (χ0n) is 17.1. The molecule has 0 bridgehead atoms. The SMILES string of the molecule is C=CC(=O)N1CCCC(n2nc(C#CCOc3ccc(F)c(Cl)c3)c3c(N)ncnc32)C1. The number of rotatable bonds is 4. The van der Waals surface area contributed by atoms with E-state index in [-0.39, 0.29) is 29.4 Å². The minimum atomic E-state index is -0.520. The van der Waals surface area contributed by atoms with Crippen LogP contribution < -0.4 is 10.5 Å². The lowest BCUT2D eigenvalue weighted by Crippen LogP contribution is -2.40. The van der Waals surface area contributed by atoms with Gasteiger partial charge in [-0.3, -0.25) is 4.79 Å². The van der Waals surface area contributed by atoms with Crippen molar-refractivity contribution in [2.24, 2.45) is 0 Å². The van der Waals surface area contributed by atoms with Gasteiger partial charge in [0, 0.05) is 19.2 Å². The second kappa shape index (κ2) is 9.24. The van der Waals surface area contributed by atoms with Gasteiger partial charge in [-0.15, -0.1) is 0 Å². The second-order valence-electron chi connectivity index (χ2n) is 7.20. The quantitative estimate of drug-likeness (QED) is 0.480. The van der Waals surface area contributed by atoms with Crippen LogP contribution in [0.2, 0.25) is 5.02 Å². The normalized spacial score (nSPS) is 15.8. The molecule has 3 heterocycles. The van der Waals surface area contributed by atoms with Crippen LogP contribution in [0.5, 0.6) is 5.75 Å². The molecule has 1 aromatic carbocycles. The van der Waals surface area contributed by atoms with Crippen molar-refractivity contribution in [2.75, 3.05) is 25.4 Å². The monoisotopic (exact) mass is 454 g/mol. The Morgan fingerprint density at radius 3 is 3.06 bits per heavy atom. The molecule has 8 nitrogen and oxygen atoms in total. The predicted octanol–water partition coefficient (Wildman–Crippen LogP) is 2.98. The number of hydrogen-bond donors (Lipinski definition) is 1. The molecular formula is C22H20ClFN6O2. The largest absolute Gasteiger partial charge is 0.481 e. The molecule has 4 rings (SSSR count). The van der Waals surface area contributed by atoms with Crippen molar-refractivity contribution < 1.29 is 13.9 Å². The number of anilines is 1. The number of halogens is 2. The van der Waals surface area contributed by atoms with Gasteiger partial charge in [0.1, 0.15) is 36.0 Å². The number of fused-ring (bicyclic) bond motifs is 1. The number of benzene rings is 1. The summed E-state index contributed by atoms with van der Waals surface area (Å²) in [6.07, 6.45) is 4.36. The smallest absolute Gasteiger partial charge is 0.246 e. The predicted molar refractivity (Wildman–Crippen MR) is 119 cm³/mol. The molecule has 1 aliphatic rings. The number of carbonyl (C=O) groups excluding carboxylic acids is 1. The maximum atomic E-state index is 13.3. The van der Waals surface area contributed by atoms with Gasteiger partial charge in [-0.2, -0.15) is 5.10 Å². The third kappa shape index (κ3) is 4.36. The van der Waals surface area contributed by atoms with Crippen LogP contribution in [-0.2, 0) is 4.79 Å². The molecule has 1 fully saturated rings. The van der Waals surface area contributed by atoms with Crippen LogP contribution in [0, 0.1) is 17.7 Å². The molecule has 32 heavy (non-hydrogen) atoms. The minimum absolute atomic E-state index is 0.0263. The molecule has 1 atom stereocenters. The number of carbonyl (C=O) groups is 1. The Morgan fingerprint density at radius 1 is 1.44 bits per heavy atom. The first kappa shape index (κ1) is 21.6. The zero-order chi connectivity index (χ0) is 22.7. The Labute approximate surface area is 188 Å². The molecule has 0 spiro atoms. The summed E-state index contributed by atoms with van der Waals surface area (Å²) in [6, 6.07) is 4.01. The summed E-state index contributed by atoms with van der Waals surface area (Å²) >= 11 is 5.76. The van der Waals surface area contributed by atoms with Crippen LogP contribution in [0.15, 0.2) is 37.2 Å². The number of ether oxygens (including phenoxy) is 1. The van der Waals surface area contributed by atoms with Gasteiger partial charge in [0.15, 0.2) is 5.65 Å². The van der Waals surface area contributed by atoms with E-state index in [9.17, 15) is 9.18 Å². The van der Waals surface area contributed by atoms with E-state index in [4.69, 9.17) is 22.1 Å². The summed E-state index contributed by atoms with van der Waals surface area (Å²) in [5.41, 5.74) is 7.07. The molecule has 0 saturated carbocycles. The van der Waals surface area contributed by atoms with E-state index in [2.05, 4.69) is 33.5 Å². The van der Waals surface area contributed by atoms with Crippen LogP contribution in [0.4, 0.5) is 10.2 Å². The van der Waals surface area contributed by atoms with Crippen molar-refractivity contribution in [1.29, 1.82) is 0 Å². The lowest BCUT2D eigenvalue weighted by molar-refractivity contribution is -0.127. The number of nitrogens with two attached hydrogens (primary N) is 1. The maximum absolute atomic E-state index is 13.3. The molecule has 1 aliphatic heterocycles. The van der Waals surface area contributed by atoms with E-state index in [0.717, 1.165) is 12.8 Å². The van der Waals surface area contributed by atoms with Gasteiger partial charge in [0.25, 0.3) is 0 Å². The van der Waals surface area contributed by atoms with Crippen molar-refractivity contribution in [3.8, 4) is 17.6 Å². The van der Waals surface area contributed by atoms with Gasteiger partial charge in [-0.05, 0) is 37.0 Å². The van der Waals surface area contributed by atoms with Gasteiger partial charge >= 0.3 is 0 Å². The van der Waals surface area contributed by atoms with Crippen molar-refractivity contribution in [3.05, 3.63) is 53.7 Å². The first-order valence-corrected chi connectivity index (χ1v) is 10.3. The minimum Gasteiger partial charge on any atom is -0.481 e. The average molecular weight is 455 g/mol. The lowest BCUT2D eigenvalue weighted by atomic mass is 10.1. The highest BCUT2D eigenvalue weighted by atomic mass is 35.5. The fraction of sp³-hybridized carbons (Fsp3) is 0.273. The van der Waals surface area contributed by atoms with E-state index < -0.39 is 5.82 Å². The highest BCUT2D eigenvalue weighted by molar-refractivity contribution is 6.30. The Balaban J connectivity index is 1.59. The van der Waals surface area contributed by atoms with E-state index in [0.29, 0.717) is 35.6 Å². The summed E-state index contributed by atoms with van der Waals surface area (Å²) in [5, 5.41) is 5.16. The standard InChI is InChI=1S/C22H20ClFN6O2/c1-2-19(31)29-9-3-5-14(12-29)30-22-20(21(25)26-13-27-22)18(28-30)6-4-10-32-15-7-8-17(24)16(23)11-15/h2,7-8,11,13-14H,1,3,5,9-10,12H2,(H2,25,26,27). The van der Waals surface area contributed by atoms with E-state index in [1.54, 1.807) is 9.58 Å². The average Bonchev–Trinajstić information content (AvgIpc) is 3.18. The Kier molecular flexibility index (Phi) is 6.23. The highest BCUT2D eigenvalue weighted by Gasteiger charge is 2.27. The molecule has 2 N–H and O–H groups in total. The van der Waals surface area contributed by atoms with Crippen molar-refractivity contribution >= 4 is 34.4 Å². The molecule has 164 valence electrons. The van der Waals surface area contributed by atoms with Crippen LogP contribution in [0.3, 0.4) is 0 Å². The van der Waals surface area contributed by atoms with Crippen LogP contribution in [0.1, 0.15) is 24.6 Å². The molecule has 1 amide bonds. The number of hydrogen-bond acceptors (Lipinski definition) is 6. The van der Waals surface area contributed by atoms with E-state index >= 15 is 0 Å². The van der Waals surface area contributed by atoms with Gasteiger partial charge in [-0.1, -0.05) is 24.1 Å². The highest BCUT2D eigenvalue weighted by Crippen LogP contribution is 2.28. The summed E-state index contributed by atoms with van der Waals surface area (Å²) in [4.78, 5) is 22.2. The molecule has 0 aliphatic carbocycles. The molecule has 1 unspecified atom stereocenters. The summed E-state index contributed by atoms with van der Waals surface area (Å²) < 4.78 is 20.5. The number of nitrogen functional groups attached to an aromatic ring is 1. The number of piperidine rings is 1. The summed E-state index contributed by atoms with van der Waals surface area (Å²) in [6.45, 7) is 4.77. The number of amides is 1. The molecular weight excluding hydrogens is 435 g/mol. The molecule has 10 heteroatoms. The third-order valence-corrected chi connectivity index (χ3v) is 5.45. The number of nitrogens with zero attached hydrogens (tertiary/aromatic N) is 5. The molecule has 1 saturated heterocycles. The fourth-order valence-corrected chi connectivity index (χ4v) is 3.80. The first-order chi connectivity index (χ1) is 15.5. The molecule has 2 aromatic heterocycles. The number of aromatic nitrogens is 4. The Morgan fingerprint density at radius 2 is 2.28 bits per heavy atom. The van der Waals surface area contributed by atoms with Crippen LogP contribution in [0.25, 0.3) is 11.0 Å². The van der Waals surface area contributed by atoms with Crippen molar-refractivity contribution in [1.82, 2.24) is 24.6 Å². The van der Waals surface area contributed by atoms with Crippen LogP contribution in [-0.4, -0.2) is 50.3 Å². The summed E-state index contributed by atoms with van der Waals surface area (Å²) in [7, 11) is 0. The van der Waals surface area contributed by atoms with Gasteiger partial charge in [0.2, 0.25) is 5.91 Å². The lowest BCUT2D eigenvalue weighted by Gasteiger charge is -2.32. The Hall–Kier alpha value is -3.64. The Bertz CT molecular complexity index is 1250. The van der Waals surface area contributed by atoms with Gasteiger partial charge in [0.05, 0.1) is 16.5 Å². The molecule has 3 aromatic rings. The van der Waals surface area contributed by atoms with Gasteiger partial charge in [-0.25, -0.2) is 19.0 Å². The topological polar surface area (TPSA) is 99.2 Å². The first-order valence-electron chi connectivity index (χ1n) is 9.94. The van der Waals surface area contributed by atoms with Crippen LogP contribution >= 0.6 is 11.6 Å². The number of likely N-dealkylation sites (tertiary alicyclic amines) is 1. The van der Waals surface area contributed by atoms with E-state index in [1.807, 2.05) is 0 Å². The molecule has 0 radical (unpaired) electrons. The third-order valence-electron chi connectivity index (χ3n) is 5.16.